The molecule has 1 fully saturated rings. The highest BCUT2D eigenvalue weighted by Crippen LogP contribution is 2.34. The molecule has 0 saturated carbocycles. The number of anilines is 2. The summed E-state index contributed by atoms with van der Waals surface area (Å²) in [6.45, 7) is 0.409. The quantitative estimate of drug-likeness (QED) is 0.690. The SMILES string of the molecule is Nc1cc(OC(F)(F)F)ccc1N1CC(CCl)CC1=O. The van der Waals surface area contributed by atoms with Crippen LogP contribution in [0, 0.1) is 5.92 Å². The Balaban J connectivity index is 2.20. The van der Waals surface area contributed by atoms with Gasteiger partial charge < -0.3 is 15.4 Å². The van der Waals surface area contributed by atoms with Gasteiger partial charge in [-0.25, -0.2) is 0 Å². The summed E-state index contributed by atoms with van der Waals surface area (Å²) >= 11 is 5.71. The average Bonchev–Trinajstić information content (AvgIpc) is 2.69. The number of carbonyl (C=O) groups excluding carboxylic acids is 1. The van der Waals surface area contributed by atoms with Crippen LogP contribution in [0.4, 0.5) is 24.5 Å². The Labute approximate surface area is 118 Å². The molecule has 1 amide bonds. The predicted molar refractivity (Wildman–Crippen MR) is 68.7 cm³/mol. The molecule has 110 valence electrons. The first-order chi connectivity index (χ1) is 9.30. The van der Waals surface area contributed by atoms with Crippen molar-refractivity contribution in [2.24, 2.45) is 5.92 Å². The molecule has 1 unspecified atom stereocenters. The van der Waals surface area contributed by atoms with E-state index in [0.717, 1.165) is 12.1 Å². The van der Waals surface area contributed by atoms with Gasteiger partial charge in [0.1, 0.15) is 5.75 Å². The van der Waals surface area contributed by atoms with Crippen LogP contribution in [-0.4, -0.2) is 24.7 Å². The van der Waals surface area contributed by atoms with E-state index in [1.54, 1.807) is 0 Å². The number of hydrogen-bond donors (Lipinski definition) is 1. The van der Waals surface area contributed by atoms with E-state index in [2.05, 4.69) is 4.74 Å². The molecular formula is C12H12ClF3N2O2. The van der Waals surface area contributed by atoms with Gasteiger partial charge in [0.25, 0.3) is 0 Å². The number of rotatable bonds is 3. The van der Waals surface area contributed by atoms with Crippen LogP contribution < -0.4 is 15.4 Å². The summed E-state index contributed by atoms with van der Waals surface area (Å²) in [6.07, 6.45) is -4.47. The van der Waals surface area contributed by atoms with Crippen molar-refractivity contribution in [3.63, 3.8) is 0 Å². The lowest BCUT2D eigenvalue weighted by Gasteiger charge is -2.19. The molecule has 1 aliphatic rings. The molecule has 2 N–H and O–H groups in total. The van der Waals surface area contributed by atoms with E-state index in [-0.39, 0.29) is 17.5 Å². The van der Waals surface area contributed by atoms with Gasteiger partial charge in [-0.3, -0.25) is 4.79 Å². The molecule has 8 heteroatoms. The molecule has 1 atom stereocenters. The van der Waals surface area contributed by atoms with Gasteiger partial charge in [-0.05, 0) is 18.1 Å². The van der Waals surface area contributed by atoms with E-state index in [9.17, 15) is 18.0 Å². The summed E-state index contributed by atoms with van der Waals surface area (Å²) in [5.41, 5.74) is 6.12. The van der Waals surface area contributed by atoms with Gasteiger partial charge >= 0.3 is 6.36 Å². The maximum absolute atomic E-state index is 12.1. The highest BCUT2D eigenvalue weighted by Gasteiger charge is 2.33. The van der Waals surface area contributed by atoms with Crippen LogP contribution in [0.1, 0.15) is 6.42 Å². The molecule has 20 heavy (non-hydrogen) atoms. The molecule has 2 rings (SSSR count). The number of hydrogen-bond acceptors (Lipinski definition) is 3. The predicted octanol–water partition coefficient (Wildman–Crippen LogP) is 2.76. The molecule has 1 saturated heterocycles. The van der Waals surface area contributed by atoms with Gasteiger partial charge in [-0.1, -0.05) is 0 Å². The lowest BCUT2D eigenvalue weighted by atomic mass is 10.1. The van der Waals surface area contributed by atoms with Crippen molar-refractivity contribution < 1.29 is 22.7 Å². The van der Waals surface area contributed by atoms with Crippen molar-refractivity contribution in [2.75, 3.05) is 23.1 Å². The van der Waals surface area contributed by atoms with Crippen LogP contribution >= 0.6 is 11.6 Å². The van der Waals surface area contributed by atoms with Crippen molar-refractivity contribution in [2.45, 2.75) is 12.8 Å². The van der Waals surface area contributed by atoms with Crippen LogP contribution in [0.25, 0.3) is 0 Å². The number of ether oxygens (including phenoxy) is 1. The third-order valence-corrected chi connectivity index (χ3v) is 3.38. The molecule has 0 radical (unpaired) electrons. The topological polar surface area (TPSA) is 55.6 Å². The first-order valence-electron chi connectivity index (χ1n) is 5.82. The average molecular weight is 309 g/mol. The third kappa shape index (κ3) is 3.27. The number of nitrogens with zero attached hydrogens (tertiary/aromatic N) is 1. The Bertz CT molecular complexity index is 522. The van der Waals surface area contributed by atoms with Crippen LogP contribution in [-0.2, 0) is 4.79 Å². The van der Waals surface area contributed by atoms with Crippen LogP contribution in [0.5, 0.6) is 5.75 Å². The second-order valence-electron chi connectivity index (χ2n) is 4.50. The number of benzene rings is 1. The zero-order chi connectivity index (χ0) is 14.9. The van der Waals surface area contributed by atoms with Crippen molar-refractivity contribution in [1.82, 2.24) is 0 Å². The summed E-state index contributed by atoms with van der Waals surface area (Å²) in [6, 6.07) is 3.51. The number of amides is 1. The van der Waals surface area contributed by atoms with Gasteiger partial charge in [0, 0.05) is 24.9 Å². The molecule has 0 spiro atoms. The van der Waals surface area contributed by atoms with Crippen LogP contribution in [0.2, 0.25) is 0 Å². The Hall–Kier alpha value is -1.63. The molecule has 1 aliphatic heterocycles. The number of halogens is 4. The van der Waals surface area contributed by atoms with E-state index in [1.165, 1.54) is 11.0 Å². The molecule has 0 aliphatic carbocycles. The number of carbonyl (C=O) groups is 1. The highest BCUT2D eigenvalue weighted by molar-refractivity contribution is 6.18. The van der Waals surface area contributed by atoms with E-state index in [1.807, 2.05) is 0 Å². The second kappa shape index (κ2) is 5.40. The zero-order valence-electron chi connectivity index (χ0n) is 10.3. The highest BCUT2D eigenvalue weighted by atomic mass is 35.5. The molecule has 0 bridgehead atoms. The van der Waals surface area contributed by atoms with Gasteiger partial charge in [0.15, 0.2) is 0 Å². The minimum atomic E-state index is -4.78. The molecule has 1 heterocycles. The fourth-order valence-electron chi connectivity index (χ4n) is 2.09. The summed E-state index contributed by atoms with van der Waals surface area (Å²) in [4.78, 5) is 13.2. The van der Waals surface area contributed by atoms with E-state index < -0.39 is 12.1 Å². The number of alkyl halides is 4. The molecule has 4 nitrogen and oxygen atoms in total. The van der Waals surface area contributed by atoms with E-state index in [4.69, 9.17) is 17.3 Å². The van der Waals surface area contributed by atoms with Crippen molar-refractivity contribution in [3.8, 4) is 5.75 Å². The summed E-state index contributed by atoms with van der Waals surface area (Å²) < 4.78 is 40.0. The van der Waals surface area contributed by atoms with Crippen molar-refractivity contribution in [3.05, 3.63) is 18.2 Å². The van der Waals surface area contributed by atoms with Gasteiger partial charge in [-0.15, -0.1) is 24.8 Å². The lowest BCUT2D eigenvalue weighted by Crippen LogP contribution is -2.25. The van der Waals surface area contributed by atoms with Crippen LogP contribution in [0.3, 0.4) is 0 Å². The van der Waals surface area contributed by atoms with Crippen LogP contribution in [0.15, 0.2) is 18.2 Å². The lowest BCUT2D eigenvalue weighted by molar-refractivity contribution is -0.274. The maximum Gasteiger partial charge on any atom is 0.573 e. The van der Waals surface area contributed by atoms with Gasteiger partial charge in [0.05, 0.1) is 11.4 Å². The number of nitrogens with two attached hydrogens (primary N) is 1. The normalized spacial score (nSPS) is 19.5. The Kier molecular flexibility index (Phi) is 3.99. The Morgan fingerprint density at radius 1 is 1.45 bits per heavy atom. The Morgan fingerprint density at radius 2 is 2.15 bits per heavy atom. The third-order valence-electron chi connectivity index (χ3n) is 2.95. The minimum absolute atomic E-state index is 0.0228. The van der Waals surface area contributed by atoms with Gasteiger partial charge in [-0.2, -0.15) is 0 Å². The van der Waals surface area contributed by atoms with Crippen molar-refractivity contribution in [1.29, 1.82) is 0 Å². The zero-order valence-corrected chi connectivity index (χ0v) is 11.0. The monoisotopic (exact) mass is 308 g/mol. The van der Waals surface area contributed by atoms with E-state index in [0.29, 0.717) is 24.5 Å². The first-order valence-corrected chi connectivity index (χ1v) is 6.35. The molecule has 1 aromatic carbocycles. The second-order valence-corrected chi connectivity index (χ2v) is 4.81. The Morgan fingerprint density at radius 3 is 2.65 bits per heavy atom. The standard InChI is InChI=1S/C12H12ClF3N2O2/c13-5-7-3-11(19)18(6-7)10-2-1-8(4-9(10)17)20-12(14,15)16/h1-2,4,7H,3,5-6,17H2. The molecule has 0 aromatic heterocycles. The first kappa shape index (κ1) is 14.8. The smallest absolute Gasteiger partial charge is 0.406 e. The van der Waals surface area contributed by atoms with Gasteiger partial charge in [0.2, 0.25) is 5.91 Å². The van der Waals surface area contributed by atoms with Crippen molar-refractivity contribution >= 4 is 28.9 Å². The largest absolute Gasteiger partial charge is 0.573 e. The number of nitrogen functional groups attached to an aromatic ring is 1. The summed E-state index contributed by atoms with van der Waals surface area (Å²) in [5, 5.41) is 0. The fraction of sp³-hybridized carbons (Fsp3) is 0.417. The minimum Gasteiger partial charge on any atom is -0.406 e. The maximum atomic E-state index is 12.1. The molecule has 1 aromatic rings. The summed E-state index contributed by atoms with van der Waals surface area (Å²) in [5.74, 6) is -0.196. The summed E-state index contributed by atoms with van der Waals surface area (Å²) in [7, 11) is 0. The molecular weight excluding hydrogens is 297 g/mol. The van der Waals surface area contributed by atoms with E-state index >= 15 is 0 Å². The fourth-order valence-corrected chi connectivity index (χ4v) is 2.30.